The number of rotatable bonds is 5. The van der Waals surface area contributed by atoms with Crippen molar-refractivity contribution >= 4 is 11.5 Å². The molecule has 0 spiro atoms. The number of hydrogen-bond donors (Lipinski definition) is 2. The van der Waals surface area contributed by atoms with E-state index in [4.69, 9.17) is 4.74 Å². The average Bonchev–Trinajstić information content (AvgIpc) is 2.57. The van der Waals surface area contributed by atoms with E-state index in [0.717, 1.165) is 64.7 Å². The maximum absolute atomic E-state index is 5.36. The second kappa shape index (κ2) is 7.43. The third kappa shape index (κ3) is 4.19. The van der Waals surface area contributed by atoms with Crippen LogP contribution in [0.1, 0.15) is 12.0 Å². The highest BCUT2D eigenvalue weighted by atomic mass is 16.5. The van der Waals surface area contributed by atoms with Crippen LogP contribution in [0.25, 0.3) is 0 Å². The number of hydrogen-bond acceptors (Lipinski definition) is 5. The van der Waals surface area contributed by atoms with Gasteiger partial charge in [-0.05, 0) is 30.7 Å². The van der Waals surface area contributed by atoms with E-state index in [2.05, 4.69) is 44.8 Å². The van der Waals surface area contributed by atoms with E-state index in [-0.39, 0.29) is 0 Å². The van der Waals surface area contributed by atoms with E-state index in [1.165, 1.54) is 11.3 Å². The van der Waals surface area contributed by atoms with Crippen LogP contribution in [-0.4, -0.2) is 63.2 Å². The largest absolute Gasteiger partial charge is 0.384 e. The Balaban J connectivity index is 1.46. The maximum atomic E-state index is 5.36. The Hall–Kier alpha value is -1.59. The fraction of sp³-hybridized carbons (Fsp3) is 0.562. The van der Waals surface area contributed by atoms with Crippen LogP contribution >= 0.6 is 0 Å². The van der Waals surface area contributed by atoms with Gasteiger partial charge >= 0.3 is 0 Å². The predicted octanol–water partition coefficient (Wildman–Crippen LogP) is 1.17. The minimum Gasteiger partial charge on any atom is -0.384 e. The summed E-state index contributed by atoms with van der Waals surface area (Å²) in [6.45, 7) is 7.82. The Morgan fingerprint density at radius 3 is 2.71 bits per heavy atom. The van der Waals surface area contributed by atoms with E-state index in [1.54, 1.807) is 0 Å². The Bertz CT molecular complexity index is 466. The number of anilines is 1. The molecule has 3 rings (SSSR count). The van der Waals surface area contributed by atoms with E-state index in [9.17, 15) is 0 Å². The van der Waals surface area contributed by atoms with Crippen LogP contribution in [0.2, 0.25) is 0 Å². The smallest absolute Gasteiger partial charge is 0.128 e. The summed E-state index contributed by atoms with van der Waals surface area (Å²) in [6.07, 6.45) is 1.13. The molecule has 0 saturated carbocycles. The van der Waals surface area contributed by atoms with Crippen LogP contribution in [-0.2, 0) is 4.74 Å². The summed E-state index contributed by atoms with van der Waals surface area (Å²) < 4.78 is 5.36. The molecule has 0 aliphatic carbocycles. The van der Waals surface area contributed by atoms with Crippen LogP contribution in [0.3, 0.4) is 0 Å². The van der Waals surface area contributed by atoms with Gasteiger partial charge < -0.3 is 15.4 Å². The molecule has 0 aromatic heterocycles. The van der Waals surface area contributed by atoms with Gasteiger partial charge in [-0.25, -0.2) is 0 Å². The summed E-state index contributed by atoms with van der Waals surface area (Å²) in [5.41, 5.74) is 2.34. The quantitative estimate of drug-likeness (QED) is 0.854. The molecular formula is C16H24N4O. The molecule has 1 fully saturated rings. The van der Waals surface area contributed by atoms with Gasteiger partial charge in [0.15, 0.2) is 0 Å². The lowest BCUT2D eigenvalue weighted by Gasteiger charge is -2.26. The molecule has 1 aromatic rings. The molecule has 0 atom stereocenters. The van der Waals surface area contributed by atoms with Crippen LogP contribution < -0.4 is 10.6 Å². The van der Waals surface area contributed by atoms with E-state index < -0.39 is 0 Å². The molecular weight excluding hydrogens is 264 g/mol. The molecule has 0 unspecified atom stereocenters. The van der Waals surface area contributed by atoms with Gasteiger partial charge in [0, 0.05) is 50.5 Å². The first-order chi connectivity index (χ1) is 10.4. The van der Waals surface area contributed by atoms with Crippen LogP contribution in [0.4, 0.5) is 5.69 Å². The van der Waals surface area contributed by atoms with Crippen molar-refractivity contribution < 1.29 is 4.74 Å². The van der Waals surface area contributed by atoms with Crippen LogP contribution in [0.5, 0.6) is 0 Å². The molecule has 114 valence electrons. The van der Waals surface area contributed by atoms with Gasteiger partial charge in [0.05, 0.1) is 13.2 Å². The fourth-order valence-corrected chi connectivity index (χ4v) is 2.66. The zero-order chi connectivity index (χ0) is 14.3. The van der Waals surface area contributed by atoms with Crippen molar-refractivity contribution in [3.63, 3.8) is 0 Å². The van der Waals surface area contributed by atoms with E-state index >= 15 is 0 Å². The Morgan fingerprint density at radius 1 is 1.19 bits per heavy atom. The molecule has 5 heteroatoms. The van der Waals surface area contributed by atoms with Crippen molar-refractivity contribution in [3.05, 3.63) is 29.8 Å². The van der Waals surface area contributed by atoms with E-state index in [0.29, 0.717) is 0 Å². The Morgan fingerprint density at radius 2 is 2.00 bits per heavy atom. The number of benzene rings is 1. The third-order valence-corrected chi connectivity index (χ3v) is 3.92. The zero-order valence-electron chi connectivity index (χ0n) is 12.5. The number of morpholine rings is 1. The molecule has 0 amide bonds. The van der Waals surface area contributed by atoms with Gasteiger partial charge in [-0.15, -0.1) is 0 Å². The van der Waals surface area contributed by atoms with Crippen molar-refractivity contribution in [2.45, 2.75) is 6.42 Å². The molecule has 1 aromatic carbocycles. The average molecular weight is 288 g/mol. The Kier molecular flexibility index (Phi) is 5.08. The first-order valence-electron chi connectivity index (χ1n) is 7.84. The first kappa shape index (κ1) is 14.4. The minimum atomic E-state index is 0.865. The highest BCUT2D eigenvalue weighted by Gasteiger charge is 2.09. The molecule has 0 bridgehead atoms. The van der Waals surface area contributed by atoms with Crippen molar-refractivity contribution in [1.82, 2.24) is 10.2 Å². The topological polar surface area (TPSA) is 48.9 Å². The van der Waals surface area contributed by atoms with Gasteiger partial charge in [0.1, 0.15) is 5.84 Å². The molecule has 2 heterocycles. The third-order valence-electron chi connectivity index (χ3n) is 3.92. The SMILES string of the molecule is c1cc(C2=NCCCN2)ccc1NCCN1CCOCC1. The summed E-state index contributed by atoms with van der Waals surface area (Å²) in [5, 5.41) is 6.83. The van der Waals surface area contributed by atoms with Gasteiger partial charge in [0.2, 0.25) is 0 Å². The van der Waals surface area contributed by atoms with Crippen molar-refractivity contribution in [3.8, 4) is 0 Å². The molecule has 2 aliphatic rings. The monoisotopic (exact) mass is 288 g/mol. The number of amidine groups is 1. The predicted molar refractivity (Wildman–Crippen MR) is 86.2 cm³/mol. The second-order valence-electron chi connectivity index (χ2n) is 5.47. The second-order valence-corrected chi connectivity index (χ2v) is 5.47. The molecule has 5 nitrogen and oxygen atoms in total. The van der Waals surface area contributed by atoms with Gasteiger partial charge in [-0.3, -0.25) is 9.89 Å². The summed E-state index contributed by atoms with van der Waals surface area (Å²) in [5.74, 6) is 1.03. The highest BCUT2D eigenvalue weighted by molar-refractivity contribution is 5.99. The van der Waals surface area contributed by atoms with E-state index in [1.807, 2.05) is 0 Å². The number of nitrogens with zero attached hydrogens (tertiary/aromatic N) is 2. The number of ether oxygens (including phenoxy) is 1. The molecule has 1 saturated heterocycles. The molecule has 0 radical (unpaired) electrons. The normalized spacial score (nSPS) is 19.7. The first-order valence-corrected chi connectivity index (χ1v) is 7.84. The Labute approximate surface area is 126 Å². The van der Waals surface area contributed by atoms with Gasteiger partial charge in [0.25, 0.3) is 0 Å². The standard InChI is InChI=1S/C16H24N4O/c1-6-18-16(19-7-1)14-2-4-15(5-3-14)17-8-9-20-10-12-21-13-11-20/h2-5,17H,1,6-13H2,(H,18,19). The van der Waals surface area contributed by atoms with Crippen molar-refractivity contribution in [2.24, 2.45) is 4.99 Å². The number of aliphatic imine (C=N–C) groups is 1. The lowest BCUT2D eigenvalue weighted by Crippen LogP contribution is -2.39. The summed E-state index contributed by atoms with van der Waals surface area (Å²) >= 11 is 0. The zero-order valence-corrected chi connectivity index (χ0v) is 12.5. The highest BCUT2D eigenvalue weighted by Crippen LogP contribution is 2.11. The molecule has 2 N–H and O–H groups in total. The summed E-state index contributed by atoms with van der Waals surface area (Å²) in [7, 11) is 0. The maximum Gasteiger partial charge on any atom is 0.128 e. The summed E-state index contributed by atoms with van der Waals surface area (Å²) in [4.78, 5) is 6.96. The summed E-state index contributed by atoms with van der Waals surface area (Å²) in [6, 6.07) is 8.53. The van der Waals surface area contributed by atoms with Crippen molar-refractivity contribution in [2.75, 3.05) is 57.8 Å². The van der Waals surface area contributed by atoms with Crippen molar-refractivity contribution in [1.29, 1.82) is 0 Å². The fourth-order valence-electron chi connectivity index (χ4n) is 2.66. The molecule has 2 aliphatic heterocycles. The number of nitrogens with one attached hydrogen (secondary N) is 2. The molecule has 21 heavy (non-hydrogen) atoms. The lowest BCUT2D eigenvalue weighted by molar-refractivity contribution is 0.0398. The van der Waals surface area contributed by atoms with Crippen LogP contribution in [0.15, 0.2) is 29.3 Å². The van der Waals surface area contributed by atoms with Crippen LogP contribution in [0, 0.1) is 0 Å². The van der Waals surface area contributed by atoms with Gasteiger partial charge in [-0.1, -0.05) is 0 Å². The lowest BCUT2D eigenvalue weighted by atomic mass is 10.1. The minimum absolute atomic E-state index is 0.865. The van der Waals surface area contributed by atoms with Gasteiger partial charge in [-0.2, -0.15) is 0 Å².